The number of guanidine groups is 1. The zero-order valence-corrected chi connectivity index (χ0v) is 13.3. The Balaban J connectivity index is 0.00000162. The van der Waals surface area contributed by atoms with E-state index in [0.29, 0.717) is 12.5 Å². The SMILES string of the molecule is CN(C)C(N)=NCc1nnc2n1CCCCC2.I. The van der Waals surface area contributed by atoms with Gasteiger partial charge >= 0.3 is 0 Å². The highest BCUT2D eigenvalue weighted by Gasteiger charge is 2.14. The summed E-state index contributed by atoms with van der Waals surface area (Å²) in [6.45, 7) is 1.52. The molecule has 2 N–H and O–H groups in total. The Hall–Kier alpha value is -0.860. The minimum absolute atomic E-state index is 0. The maximum atomic E-state index is 5.76. The normalized spacial score (nSPS) is 15.6. The standard InChI is InChI=1S/C11H20N6.HI/c1-16(2)11(12)13-8-10-15-14-9-6-4-3-5-7-17(9)10;/h3-8H2,1-2H3,(H2,12,13);1H. The maximum absolute atomic E-state index is 5.76. The van der Waals surface area contributed by atoms with E-state index in [0.717, 1.165) is 24.6 Å². The van der Waals surface area contributed by atoms with Crippen LogP contribution in [0.2, 0.25) is 0 Å². The van der Waals surface area contributed by atoms with Crippen molar-refractivity contribution in [3.63, 3.8) is 0 Å². The molecule has 0 bridgehead atoms. The van der Waals surface area contributed by atoms with Gasteiger partial charge in [-0.2, -0.15) is 0 Å². The summed E-state index contributed by atoms with van der Waals surface area (Å²) in [4.78, 5) is 6.09. The summed E-state index contributed by atoms with van der Waals surface area (Å²) in [6, 6.07) is 0. The number of nitrogens with zero attached hydrogens (tertiary/aromatic N) is 5. The van der Waals surface area contributed by atoms with Crippen molar-refractivity contribution < 1.29 is 0 Å². The minimum atomic E-state index is 0. The molecule has 1 aliphatic rings. The maximum Gasteiger partial charge on any atom is 0.191 e. The second kappa shape index (κ2) is 6.91. The van der Waals surface area contributed by atoms with Gasteiger partial charge in [-0.05, 0) is 12.8 Å². The van der Waals surface area contributed by atoms with Gasteiger partial charge in [-0.1, -0.05) is 6.42 Å². The van der Waals surface area contributed by atoms with Crippen molar-refractivity contribution in [1.82, 2.24) is 19.7 Å². The van der Waals surface area contributed by atoms with Crippen molar-refractivity contribution in [3.05, 3.63) is 11.6 Å². The lowest BCUT2D eigenvalue weighted by molar-refractivity contribution is 0.592. The van der Waals surface area contributed by atoms with Crippen molar-refractivity contribution in [1.29, 1.82) is 0 Å². The van der Waals surface area contributed by atoms with Crippen molar-refractivity contribution in [3.8, 4) is 0 Å². The summed E-state index contributed by atoms with van der Waals surface area (Å²) < 4.78 is 2.19. The van der Waals surface area contributed by atoms with Crippen molar-refractivity contribution in [2.45, 2.75) is 38.8 Å². The smallest absolute Gasteiger partial charge is 0.191 e. The van der Waals surface area contributed by atoms with Gasteiger partial charge in [-0.3, -0.25) is 0 Å². The molecule has 0 aromatic carbocycles. The number of nitrogens with two attached hydrogens (primary N) is 1. The molecule has 1 aromatic heterocycles. The minimum Gasteiger partial charge on any atom is -0.370 e. The van der Waals surface area contributed by atoms with Crippen molar-refractivity contribution >= 4 is 29.9 Å². The summed E-state index contributed by atoms with van der Waals surface area (Å²) in [5, 5.41) is 8.43. The Bertz CT molecular complexity index is 412. The molecule has 2 rings (SSSR count). The van der Waals surface area contributed by atoms with Crippen LogP contribution in [0.4, 0.5) is 0 Å². The molecule has 6 nitrogen and oxygen atoms in total. The first-order valence-electron chi connectivity index (χ1n) is 6.06. The van der Waals surface area contributed by atoms with E-state index in [1.807, 2.05) is 14.1 Å². The molecule has 0 saturated heterocycles. The molecule has 0 unspecified atom stereocenters. The van der Waals surface area contributed by atoms with E-state index in [-0.39, 0.29) is 24.0 Å². The largest absolute Gasteiger partial charge is 0.370 e. The molecule has 0 radical (unpaired) electrons. The van der Waals surface area contributed by atoms with Crippen LogP contribution in [0.25, 0.3) is 0 Å². The quantitative estimate of drug-likeness (QED) is 0.483. The average Bonchev–Trinajstić information content (AvgIpc) is 2.54. The first-order chi connectivity index (χ1) is 8.18. The number of aryl methyl sites for hydroxylation is 1. The zero-order chi connectivity index (χ0) is 12.3. The number of hydrogen-bond acceptors (Lipinski definition) is 3. The highest BCUT2D eigenvalue weighted by molar-refractivity contribution is 14.0. The van der Waals surface area contributed by atoms with Crippen LogP contribution in [-0.4, -0.2) is 39.7 Å². The van der Waals surface area contributed by atoms with Crippen LogP contribution < -0.4 is 5.73 Å². The highest BCUT2D eigenvalue weighted by atomic mass is 127. The third kappa shape index (κ3) is 3.56. The predicted molar refractivity (Wildman–Crippen MR) is 82.0 cm³/mol. The first kappa shape index (κ1) is 15.2. The second-order valence-electron chi connectivity index (χ2n) is 4.56. The predicted octanol–water partition coefficient (Wildman–Crippen LogP) is 0.999. The third-order valence-corrected chi connectivity index (χ3v) is 3.03. The van der Waals surface area contributed by atoms with Gasteiger partial charge in [-0.15, -0.1) is 34.2 Å². The fraction of sp³-hybridized carbons (Fsp3) is 0.727. The summed E-state index contributed by atoms with van der Waals surface area (Å²) in [5.41, 5.74) is 5.76. The van der Waals surface area contributed by atoms with Crippen LogP contribution in [0.5, 0.6) is 0 Å². The average molecular weight is 364 g/mol. The Morgan fingerprint density at radius 1 is 1.33 bits per heavy atom. The molecule has 0 spiro atoms. The molecule has 0 fully saturated rings. The topological polar surface area (TPSA) is 72.3 Å². The summed E-state index contributed by atoms with van der Waals surface area (Å²) >= 11 is 0. The second-order valence-corrected chi connectivity index (χ2v) is 4.56. The highest BCUT2D eigenvalue weighted by Crippen LogP contribution is 2.14. The van der Waals surface area contributed by atoms with Gasteiger partial charge in [0.25, 0.3) is 0 Å². The lowest BCUT2D eigenvalue weighted by atomic mass is 10.2. The number of rotatable bonds is 2. The molecule has 0 atom stereocenters. The van der Waals surface area contributed by atoms with Gasteiger partial charge in [0.2, 0.25) is 0 Å². The third-order valence-electron chi connectivity index (χ3n) is 3.03. The van der Waals surface area contributed by atoms with E-state index in [9.17, 15) is 0 Å². The number of aromatic nitrogens is 3. The van der Waals surface area contributed by atoms with Crippen LogP contribution in [0.1, 0.15) is 30.9 Å². The van der Waals surface area contributed by atoms with Crippen LogP contribution in [0.15, 0.2) is 4.99 Å². The van der Waals surface area contributed by atoms with E-state index >= 15 is 0 Å². The molecule has 102 valence electrons. The lowest BCUT2D eigenvalue weighted by Crippen LogP contribution is -2.30. The molecule has 0 amide bonds. The summed E-state index contributed by atoms with van der Waals surface area (Å²) in [7, 11) is 3.76. The van der Waals surface area contributed by atoms with Crippen molar-refractivity contribution in [2.75, 3.05) is 14.1 Å². The van der Waals surface area contributed by atoms with Gasteiger partial charge in [0.1, 0.15) is 12.4 Å². The number of fused-ring (bicyclic) bond motifs is 1. The lowest BCUT2D eigenvalue weighted by Gasteiger charge is -2.10. The van der Waals surface area contributed by atoms with Gasteiger partial charge in [0.15, 0.2) is 11.8 Å². The van der Waals surface area contributed by atoms with Crippen LogP contribution in [-0.2, 0) is 19.5 Å². The number of hydrogen-bond donors (Lipinski definition) is 1. The molecule has 0 aliphatic carbocycles. The Labute approximate surface area is 125 Å². The van der Waals surface area contributed by atoms with E-state index in [1.165, 1.54) is 19.3 Å². The van der Waals surface area contributed by atoms with Crippen LogP contribution >= 0.6 is 24.0 Å². The Morgan fingerprint density at radius 2 is 2.11 bits per heavy atom. The molecule has 18 heavy (non-hydrogen) atoms. The zero-order valence-electron chi connectivity index (χ0n) is 11.0. The Morgan fingerprint density at radius 3 is 2.83 bits per heavy atom. The molecular weight excluding hydrogens is 343 g/mol. The van der Waals surface area contributed by atoms with Crippen LogP contribution in [0, 0.1) is 0 Å². The molecule has 2 heterocycles. The van der Waals surface area contributed by atoms with Crippen molar-refractivity contribution in [2.24, 2.45) is 10.7 Å². The Kier molecular flexibility index (Phi) is 5.83. The first-order valence-corrected chi connectivity index (χ1v) is 6.06. The van der Waals surface area contributed by atoms with Crippen LogP contribution in [0.3, 0.4) is 0 Å². The van der Waals surface area contributed by atoms with Gasteiger partial charge in [0.05, 0.1) is 0 Å². The fourth-order valence-electron chi connectivity index (χ4n) is 1.96. The van der Waals surface area contributed by atoms with E-state index < -0.39 is 0 Å². The molecule has 1 aromatic rings. The number of halogens is 1. The van der Waals surface area contributed by atoms with Gasteiger partial charge < -0.3 is 15.2 Å². The monoisotopic (exact) mass is 364 g/mol. The van der Waals surface area contributed by atoms with Gasteiger partial charge in [-0.25, -0.2) is 4.99 Å². The molecular formula is C11H21IN6. The van der Waals surface area contributed by atoms with Gasteiger partial charge in [0, 0.05) is 27.1 Å². The van der Waals surface area contributed by atoms with E-state index in [4.69, 9.17) is 5.73 Å². The fourth-order valence-corrected chi connectivity index (χ4v) is 1.96. The molecule has 1 aliphatic heterocycles. The van der Waals surface area contributed by atoms with E-state index in [1.54, 1.807) is 4.90 Å². The number of aliphatic imine (C=N–C) groups is 1. The summed E-state index contributed by atoms with van der Waals surface area (Å²) in [5.74, 6) is 2.54. The molecule has 0 saturated carbocycles. The summed E-state index contributed by atoms with van der Waals surface area (Å²) in [6.07, 6.45) is 4.71. The molecule has 7 heteroatoms. The van der Waals surface area contributed by atoms with E-state index in [2.05, 4.69) is 19.8 Å².